The fraction of sp³-hybridized carbons (Fsp3) is 0.538. The average molecular weight is 517 g/mol. The third-order valence-corrected chi connectivity index (χ3v) is 7.30. The van der Waals surface area contributed by atoms with Gasteiger partial charge in [0.05, 0.1) is 29.4 Å². The van der Waals surface area contributed by atoms with Gasteiger partial charge in [-0.1, -0.05) is 30.3 Å². The largest absolute Gasteiger partial charge is 0.416 e. The number of piperidine rings is 1. The maximum Gasteiger partial charge on any atom is 0.416 e. The molecule has 0 spiro atoms. The number of halogens is 6. The van der Waals surface area contributed by atoms with E-state index in [0.29, 0.717) is 25.1 Å². The monoisotopic (exact) mass is 516 g/mol. The summed E-state index contributed by atoms with van der Waals surface area (Å²) in [7, 11) is 0. The summed E-state index contributed by atoms with van der Waals surface area (Å²) in [5.74, 6) is 0. The van der Waals surface area contributed by atoms with Crippen LogP contribution in [0.4, 0.5) is 26.3 Å². The summed E-state index contributed by atoms with van der Waals surface area (Å²) < 4.78 is 85.8. The highest BCUT2D eigenvalue weighted by molar-refractivity contribution is 5.35. The Morgan fingerprint density at radius 1 is 1.03 bits per heavy atom. The van der Waals surface area contributed by atoms with Gasteiger partial charge in [0, 0.05) is 19.1 Å². The molecule has 0 radical (unpaired) electrons. The maximum absolute atomic E-state index is 13.3. The molecule has 10 heteroatoms. The summed E-state index contributed by atoms with van der Waals surface area (Å²) in [5, 5.41) is 13.8. The van der Waals surface area contributed by atoms with E-state index in [1.807, 2.05) is 30.3 Å². The lowest BCUT2D eigenvalue weighted by Gasteiger charge is -2.45. The Morgan fingerprint density at radius 3 is 2.17 bits per heavy atom. The number of aliphatic hydroxyl groups is 1. The fourth-order valence-corrected chi connectivity index (χ4v) is 5.18. The van der Waals surface area contributed by atoms with Crippen LogP contribution in [0.25, 0.3) is 0 Å². The van der Waals surface area contributed by atoms with E-state index in [9.17, 15) is 31.4 Å². The molecule has 2 aliphatic heterocycles. The van der Waals surface area contributed by atoms with Gasteiger partial charge in [0.1, 0.15) is 6.23 Å². The Labute approximate surface area is 206 Å². The highest BCUT2D eigenvalue weighted by Gasteiger charge is 2.41. The summed E-state index contributed by atoms with van der Waals surface area (Å²) in [4.78, 5) is 2.08. The van der Waals surface area contributed by atoms with Crippen molar-refractivity contribution in [1.29, 1.82) is 0 Å². The number of nitrogens with zero attached hydrogens (tertiary/aromatic N) is 1. The van der Waals surface area contributed by atoms with Crippen molar-refractivity contribution in [3.05, 3.63) is 70.8 Å². The topological polar surface area (TPSA) is 44.7 Å². The molecule has 0 bridgehead atoms. The van der Waals surface area contributed by atoms with Gasteiger partial charge in [-0.05, 0) is 61.9 Å². The van der Waals surface area contributed by atoms with Crippen molar-refractivity contribution in [2.75, 3.05) is 19.7 Å². The average Bonchev–Trinajstić information content (AvgIpc) is 3.27. The molecule has 2 saturated heterocycles. The predicted molar refractivity (Wildman–Crippen MR) is 122 cm³/mol. The van der Waals surface area contributed by atoms with Gasteiger partial charge in [-0.15, -0.1) is 0 Å². The third kappa shape index (κ3) is 5.88. The molecule has 2 unspecified atom stereocenters. The number of aliphatic hydroxyl groups excluding tert-OH is 1. The lowest BCUT2D eigenvalue weighted by atomic mass is 9.81. The number of benzene rings is 2. The second-order valence-electron chi connectivity index (χ2n) is 9.67. The quantitative estimate of drug-likeness (QED) is 0.472. The SMILES string of the molecule is C[C@@H](OC[C@@]1(c2ccccc2)CCC(N2CCCC2O)CN1)c1cc(C(F)(F)F)cc(C(F)(F)F)c1. The molecule has 2 N–H and O–H groups in total. The van der Waals surface area contributed by atoms with Crippen LogP contribution in [0.2, 0.25) is 0 Å². The molecule has 4 rings (SSSR count). The highest BCUT2D eigenvalue weighted by Crippen LogP contribution is 2.39. The third-order valence-electron chi connectivity index (χ3n) is 7.30. The van der Waals surface area contributed by atoms with Gasteiger partial charge in [-0.25, -0.2) is 0 Å². The minimum atomic E-state index is -4.92. The Bertz CT molecular complexity index is 987. The second kappa shape index (κ2) is 10.3. The molecular formula is C26H30F6N2O2. The molecule has 2 aromatic carbocycles. The number of ether oxygens (including phenoxy) is 1. The van der Waals surface area contributed by atoms with E-state index in [1.54, 1.807) is 0 Å². The van der Waals surface area contributed by atoms with Crippen LogP contribution in [0.5, 0.6) is 0 Å². The molecule has 2 heterocycles. The van der Waals surface area contributed by atoms with E-state index in [0.717, 1.165) is 31.4 Å². The summed E-state index contributed by atoms with van der Waals surface area (Å²) >= 11 is 0. The molecule has 2 aliphatic rings. The van der Waals surface area contributed by atoms with Gasteiger partial charge in [-0.3, -0.25) is 4.90 Å². The molecule has 36 heavy (non-hydrogen) atoms. The van der Waals surface area contributed by atoms with Crippen LogP contribution in [0.3, 0.4) is 0 Å². The van der Waals surface area contributed by atoms with Crippen LogP contribution in [0.15, 0.2) is 48.5 Å². The zero-order chi connectivity index (χ0) is 26.1. The molecule has 0 amide bonds. The molecule has 198 valence electrons. The van der Waals surface area contributed by atoms with Crippen LogP contribution < -0.4 is 5.32 Å². The van der Waals surface area contributed by atoms with Crippen LogP contribution in [-0.2, 0) is 22.6 Å². The Hall–Kier alpha value is -2.14. The molecule has 4 nitrogen and oxygen atoms in total. The Kier molecular flexibility index (Phi) is 7.71. The van der Waals surface area contributed by atoms with Crippen molar-refractivity contribution >= 4 is 0 Å². The highest BCUT2D eigenvalue weighted by atomic mass is 19.4. The smallest absolute Gasteiger partial charge is 0.378 e. The molecule has 2 aromatic rings. The summed E-state index contributed by atoms with van der Waals surface area (Å²) in [5.41, 5.74) is -2.64. The van der Waals surface area contributed by atoms with E-state index in [4.69, 9.17) is 4.74 Å². The van der Waals surface area contributed by atoms with Crippen molar-refractivity contribution in [2.45, 2.75) is 68.9 Å². The molecule has 0 saturated carbocycles. The standard InChI is InChI=1S/C26H30F6N2O2/c1-17(18-12-20(25(27,28)29)14-21(13-18)26(30,31)32)36-16-24(19-6-3-2-4-7-19)10-9-22(15-33-24)34-11-5-8-23(34)35/h2-4,6-7,12-14,17,22-23,33,35H,5,8-11,15-16H2,1H3/t17-,22?,23?,24-/m1/s1. The molecular weight excluding hydrogens is 486 g/mol. The van der Waals surface area contributed by atoms with Crippen LogP contribution in [0.1, 0.15) is 61.0 Å². The van der Waals surface area contributed by atoms with Crippen molar-refractivity contribution in [2.24, 2.45) is 0 Å². The lowest BCUT2D eigenvalue weighted by Crippen LogP contribution is -2.57. The zero-order valence-electron chi connectivity index (χ0n) is 19.9. The Balaban J connectivity index is 1.55. The molecule has 0 aromatic heterocycles. The van der Waals surface area contributed by atoms with E-state index in [-0.39, 0.29) is 24.3 Å². The van der Waals surface area contributed by atoms with Crippen molar-refractivity contribution in [3.63, 3.8) is 0 Å². The van der Waals surface area contributed by atoms with Crippen LogP contribution >= 0.6 is 0 Å². The van der Waals surface area contributed by atoms with Crippen molar-refractivity contribution in [3.8, 4) is 0 Å². The van der Waals surface area contributed by atoms with E-state index < -0.39 is 41.4 Å². The first kappa shape index (κ1) is 26.9. The van der Waals surface area contributed by atoms with E-state index in [1.165, 1.54) is 6.92 Å². The van der Waals surface area contributed by atoms with E-state index in [2.05, 4.69) is 10.2 Å². The van der Waals surface area contributed by atoms with Gasteiger partial charge in [0.2, 0.25) is 0 Å². The number of rotatable bonds is 6. The van der Waals surface area contributed by atoms with Crippen LogP contribution in [0, 0.1) is 0 Å². The van der Waals surface area contributed by atoms with Gasteiger partial charge < -0.3 is 15.2 Å². The van der Waals surface area contributed by atoms with Gasteiger partial charge in [0.15, 0.2) is 0 Å². The van der Waals surface area contributed by atoms with E-state index >= 15 is 0 Å². The summed E-state index contributed by atoms with van der Waals surface area (Å²) in [6.07, 6.45) is -8.25. The van der Waals surface area contributed by atoms with Gasteiger partial charge >= 0.3 is 12.4 Å². The predicted octanol–water partition coefficient (Wildman–Crippen LogP) is 5.86. The van der Waals surface area contributed by atoms with Gasteiger partial charge in [0.25, 0.3) is 0 Å². The Morgan fingerprint density at radius 2 is 1.67 bits per heavy atom. The zero-order valence-corrected chi connectivity index (χ0v) is 19.9. The van der Waals surface area contributed by atoms with Crippen molar-refractivity contribution < 1.29 is 36.2 Å². The molecule has 0 aliphatic carbocycles. The summed E-state index contributed by atoms with van der Waals surface area (Å²) in [6, 6.07) is 11.2. The minimum absolute atomic E-state index is 0.0606. The second-order valence-corrected chi connectivity index (χ2v) is 9.67. The van der Waals surface area contributed by atoms with Crippen molar-refractivity contribution in [1.82, 2.24) is 10.2 Å². The number of hydrogen-bond donors (Lipinski definition) is 2. The van der Waals surface area contributed by atoms with Crippen LogP contribution in [-0.4, -0.2) is 42.0 Å². The first-order chi connectivity index (χ1) is 16.9. The van der Waals surface area contributed by atoms with Gasteiger partial charge in [-0.2, -0.15) is 26.3 Å². The minimum Gasteiger partial charge on any atom is -0.378 e. The number of likely N-dealkylation sites (tertiary alicyclic amines) is 1. The number of alkyl halides is 6. The lowest BCUT2D eigenvalue weighted by molar-refractivity contribution is -0.143. The fourth-order valence-electron chi connectivity index (χ4n) is 5.18. The maximum atomic E-state index is 13.3. The molecule has 4 atom stereocenters. The number of hydrogen-bond acceptors (Lipinski definition) is 4. The number of nitrogens with one attached hydrogen (secondary N) is 1. The first-order valence-corrected chi connectivity index (χ1v) is 12.0. The normalized spacial score (nSPS) is 26.8. The first-order valence-electron chi connectivity index (χ1n) is 12.0. The summed E-state index contributed by atoms with van der Waals surface area (Å²) in [6.45, 7) is 2.91. The molecule has 2 fully saturated rings.